The third-order valence-corrected chi connectivity index (χ3v) is 4.01. The highest BCUT2D eigenvalue weighted by Crippen LogP contribution is 2.27. The van der Waals surface area contributed by atoms with E-state index in [9.17, 15) is 31.1 Å². The molecule has 7 nitrogen and oxygen atoms in total. The second-order valence-electron chi connectivity index (χ2n) is 6.89. The molecule has 2 atom stereocenters. The number of ether oxygens (including phenoxy) is 1. The van der Waals surface area contributed by atoms with Gasteiger partial charge in [0.25, 0.3) is 0 Å². The molecule has 0 aliphatic rings. The standard InChI is InChI=1S/C17H21F6N5O2/c1-9(16(18,19)20)24-13-25-11(7-8-15(3,4)12(29)30-6)26-14(27-13)28(5)10(2)17(21,22)23/h9-10H,1-6H3,(H,24,25,26,27)/t9-,10-/m1/s1. The molecule has 30 heavy (non-hydrogen) atoms. The van der Waals surface area contributed by atoms with E-state index in [-0.39, 0.29) is 0 Å². The van der Waals surface area contributed by atoms with Gasteiger partial charge in [-0.1, -0.05) is 5.92 Å². The number of nitrogens with zero attached hydrogens (tertiary/aromatic N) is 4. The van der Waals surface area contributed by atoms with Gasteiger partial charge < -0.3 is 15.0 Å². The van der Waals surface area contributed by atoms with Gasteiger partial charge in [-0.05, 0) is 33.6 Å². The fraction of sp³-hybridized carbons (Fsp3) is 0.647. The summed E-state index contributed by atoms with van der Waals surface area (Å²) in [7, 11) is 2.17. The molecule has 0 bridgehead atoms. The number of rotatable bonds is 5. The van der Waals surface area contributed by atoms with Crippen LogP contribution in [0.2, 0.25) is 0 Å². The van der Waals surface area contributed by atoms with Crippen LogP contribution in [0.25, 0.3) is 0 Å². The van der Waals surface area contributed by atoms with Crippen LogP contribution in [0.15, 0.2) is 0 Å². The van der Waals surface area contributed by atoms with E-state index in [1.54, 1.807) is 0 Å². The monoisotopic (exact) mass is 441 g/mol. The zero-order chi connectivity index (χ0) is 23.5. The molecule has 0 aliphatic heterocycles. The lowest BCUT2D eigenvalue weighted by atomic mass is 9.95. The van der Waals surface area contributed by atoms with Gasteiger partial charge in [0.15, 0.2) is 0 Å². The van der Waals surface area contributed by atoms with Crippen molar-refractivity contribution in [2.75, 3.05) is 24.4 Å². The van der Waals surface area contributed by atoms with Crippen molar-refractivity contribution in [2.24, 2.45) is 5.41 Å². The minimum absolute atomic E-state index is 0.421. The number of nitrogens with one attached hydrogen (secondary N) is 1. The van der Waals surface area contributed by atoms with Gasteiger partial charge in [0.05, 0.1) is 7.11 Å². The average molecular weight is 441 g/mol. The van der Waals surface area contributed by atoms with Crippen molar-refractivity contribution in [1.82, 2.24) is 15.0 Å². The van der Waals surface area contributed by atoms with Crippen LogP contribution in [0.4, 0.5) is 38.2 Å². The van der Waals surface area contributed by atoms with Crippen molar-refractivity contribution in [2.45, 2.75) is 52.1 Å². The lowest BCUT2D eigenvalue weighted by Gasteiger charge is -2.27. The Balaban J connectivity index is 3.45. The number of carbonyl (C=O) groups is 1. The summed E-state index contributed by atoms with van der Waals surface area (Å²) in [6, 6.07) is -4.13. The Labute approximate surface area is 169 Å². The average Bonchev–Trinajstić information content (AvgIpc) is 2.62. The first-order valence-corrected chi connectivity index (χ1v) is 8.49. The molecular weight excluding hydrogens is 420 g/mol. The molecule has 1 rings (SSSR count). The second-order valence-corrected chi connectivity index (χ2v) is 6.89. The highest BCUT2D eigenvalue weighted by atomic mass is 19.4. The predicted molar refractivity (Wildman–Crippen MR) is 95.6 cm³/mol. The molecule has 0 aliphatic carbocycles. The molecule has 168 valence electrons. The van der Waals surface area contributed by atoms with Gasteiger partial charge >= 0.3 is 18.3 Å². The molecule has 0 saturated heterocycles. The van der Waals surface area contributed by atoms with E-state index >= 15 is 0 Å². The SMILES string of the molecule is COC(=O)C(C)(C)C#Cc1nc(N[C@H](C)C(F)(F)F)nc(N(C)[C@H](C)C(F)(F)F)n1. The Morgan fingerprint density at radius 2 is 1.63 bits per heavy atom. The van der Waals surface area contributed by atoms with E-state index < -0.39 is 53.5 Å². The van der Waals surface area contributed by atoms with Crippen molar-refractivity contribution in [1.29, 1.82) is 0 Å². The molecule has 13 heteroatoms. The Kier molecular flexibility index (Phi) is 7.52. The lowest BCUT2D eigenvalue weighted by molar-refractivity contribution is -0.147. The number of anilines is 2. The maximum Gasteiger partial charge on any atom is 0.408 e. The Morgan fingerprint density at radius 1 is 1.07 bits per heavy atom. The van der Waals surface area contributed by atoms with Crippen LogP contribution >= 0.6 is 0 Å². The van der Waals surface area contributed by atoms with Crippen LogP contribution in [0.3, 0.4) is 0 Å². The summed E-state index contributed by atoms with van der Waals surface area (Å²) >= 11 is 0. The lowest BCUT2D eigenvalue weighted by Crippen LogP contribution is -2.42. The Hall–Kier alpha value is -2.78. The summed E-state index contributed by atoms with van der Waals surface area (Å²) < 4.78 is 82.2. The summed E-state index contributed by atoms with van der Waals surface area (Å²) in [4.78, 5) is 23.5. The first kappa shape index (κ1) is 25.3. The number of aromatic nitrogens is 3. The van der Waals surface area contributed by atoms with Crippen molar-refractivity contribution >= 4 is 17.9 Å². The van der Waals surface area contributed by atoms with Crippen LogP contribution in [-0.2, 0) is 9.53 Å². The molecule has 0 unspecified atom stereocenters. The number of esters is 1. The summed E-state index contributed by atoms with van der Waals surface area (Å²) in [6.45, 7) is 4.45. The maximum absolute atomic E-state index is 13.0. The first-order valence-electron chi connectivity index (χ1n) is 8.49. The summed E-state index contributed by atoms with van der Waals surface area (Å²) in [6.07, 6.45) is -9.30. The van der Waals surface area contributed by atoms with Gasteiger partial charge in [-0.2, -0.15) is 41.3 Å². The van der Waals surface area contributed by atoms with Crippen molar-refractivity contribution in [3.63, 3.8) is 0 Å². The van der Waals surface area contributed by atoms with E-state index in [1.807, 2.05) is 5.32 Å². The number of alkyl halides is 6. The molecule has 0 saturated carbocycles. The molecule has 1 aromatic heterocycles. The van der Waals surface area contributed by atoms with Crippen LogP contribution < -0.4 is 10.2 Å². The van der Waals surface area contributed by atoms with Crippen LogP contribution in [0, 0.1) is 17.3 Å². The van der Waals surface area contributed by atoms with Gasteiger partial charge in [-0.15, -0.1) is 0 Å². The minimum atomic E-state index is -4.66. The summed E-state index contributed by atoms with van der Waals surface area (Å²) in [5.41, 5.74) is -1.32. The number of hydrogen-bond acceptors (Lipinski definition) is 7. The minimum Gasteiger partial charge on any atom is -0.468 e. The van der Waals surface area contributed by atoms with Crippen LogP contribution in [0.1, 0.15) is 33.5 Å². The van der Waals surface area contributed by atoms with Crippen molar-refractivity contribution < 1.29 is 35.9 Å². The van der Waals surface area contributed by atoms with Crippen LogP contribution in [0.5, 0.6) is 0 Å². The normalized spacial score (nSPS) is 14.3. The van der Waals surface area contributed by atoms with E-state index in [4.69, 9.17) is 0 Å². The topological polar surface area (TPSA) is 80.2 Å². The largest absolute Gasteiger partial charge is 0.468 e. The van der Waals surface area contributed by atoms with Gasteiger partial charge in [0.1, 0.15) is 17.5 Å². The first-order chi connectivity index (χ1) is 13.5. The number of carbonyl (C=O) groups excluding carboxylic acids is 1. The molecule has 0 aromatic carbocycles. The van der Waals surface area contributed by atoms with E-state index in [0.717, 1.165) is 28.0 Å². The van der Waals surface area contributed by atoms with E-state index in [1.165, 1.54) is 13.8 Å². The Bertz CT molecular complexity index is 829. The fourth-order valence-electron chi connectivity index (χ4n) is 1.83. The van der Waals surface area contributed by atoms with Gasteiger partial charge in [-0.25, -0.2) is 0 Å². The maximum atomic E-state index is 13.0. The third kappa shape index (κ3) is 6.64. The fourth-order valence-corrected chi connectivity index (χ4v) is 1.83. The molecule has 0 spiro atoms. The smallest absolute Gasteiger partial charge is 0.408 e. The van der Waals surface area contributed by atoms with E-state index in [2.05, 4.69) is 31.5 Å². The predicted octanol–water partition coefficient (Wildman–Crippen LogP) is 3.17. The molecule has 1 N–H and O–H groups in total. The van der Waals surface area contributed by atoms with Crippen LogP contribution in [-0.4, -0.2) is 59.5 Å². The zero-order valence-corrected chi connectivity index (χ0v) is 17.0. The Morgan fingerprint density at radius 3 is 2.10 bits per heavy atom. The highest BCUT2D eigenvalue weighted by molar-refractivity contribution is 5.79. The summed E-state index contributed by atoms with van der Waals surface area (Å²) in [5.74, 6) is 2.59. The number of halogens is 6. The number of methoxy groups -OCH3 is 1. The van der Waals surface area contributed by atoms with Crippen molar-refractivity contribution in [3.05, 3.63) is 5.82 Å². The van der Waals surface area contributed by atoms with Gasteiger partial charge in [-0.3, -0.25) is 4.79 Å². The third-order valence-electron chi connectivity index (χ3n) is 4.01. The summed E-state index contributed by atoms with van der Waals surface area (Å²) in [5, 5.41) is 1.97. The second kappa shape index (κ2) is 8.93. The zero-order valence-electron chi connectivity index (χ0n) is 17.0. The molecule has 1 heterocycles. The van der Waals surface area contributed by atoms with Gasteiger partial charge in [0.2, 0.25) is 17.7 Å². The highest BCUT2D eigenvalue weighted by Gasteiger charge is 2.40. The van der Waals surface area contributed by atoms with Crippen molar-refractivity contribution in [3.8, 4) is 11.8 Å². The molecular formula is C17H21F6N5O2. The molecule has 0 amide bonds. The molecule has 1 aromatic rings. The molecule has 0 fully saturated rings. The van der Waals surface area contributed by atoms with E-state index in [0.29, 0.717) is 4.90 Å². The number of hydrogen-bond donors (Lipinski definition) is 1. The molecule has 0 radical (unpaired) electrons. The van der Waals surface area contributed by atoms with Gasteiger partial charge in [0, 0.05) is 7.05 Å². The quantitative estimate of drug-likeness (QED) is 0.427.